The van der Waals surface area contributed by atoms with E-state index in [0.717, 1.165) is 19.0 Å². The fourth-order valence-electron chi connectivity index (χ4n) is 2.27. The van der Waals surface area contributed by atoms with Crippen LogP contribution in [0.4, 0.5) is 0 Å². The molecule has 2 nitrogen and oxygen atoms in total. The van der Waals surface area contributed by atoms with Crippen LogP contribution >= 0.6 is 0 Å². The van der Waals surface area contributed by atoms with Gasteiger partial charge in [0, 0.05) is 12.6 Å². The molecule has 0 amide bonds. The van der Waals surface area contributed by atoms with Gasteiger partial charge in [-0.3, -0.25) is 0 Å². The highest BCUT2D eigenvalue weighted by molar-refractivity contribution is 4.70. The molecule has 0 heterocycles. The van der Waals surface area contributed by atoms with Gasteiger partial charge in [-0.25, -0.2) is 0 Å². The molecule has 0 aromatic heterocycles. The van der Waals surface area contributed by atoms with E-state index in [9.17, 15) is 0 Å². The number of likely N-dealkylation sites (N-methyl/N-ethyl adjacent to an activating group) is 1. The molecule has 1 atom stereocenters. The summed E-state index contributed by atoms with van der Waals surface area (Å²) in [5, 5.41) is 6.95. The molecule has 2 N–H and O–H groups in total. The molecule has 1 aliphatic rings. The summed E-state index contributed by atoms with van der Waals surface area (Å²) in [5.41, 5.74) is 0. The molecule has 0 bridgehead atoms. The number of hydrogen-bond acceptors (Lipinski definition) is 2. The van der Waals surface area contributed by atoms with Gasteiger partial charge in [-0.1, -0.05) is 32.6 Å². The van der Waals surface area contributed by atoms with Gasteiger partial charge < -0.3 is 10.6 Å². The normalized spacial score (nSPS) is 20.1. The molecule has 0 aromatic carbocycles. The summed E-state index contributed by atoms with van der Waals surface area (Å²) < 4.78 is 0. The molecule has 0 radical (unpaired) electrons. The molecule has 0 aromatic rings. The van der Waals surface area contributed by atoms with Gasteiger partial charge in [-0.15, -0.1) is 0 Å². The molecular formula is C12H26N2. The van der Waals surface area contributed by atoms with Crippen LogP contribution in [0, 0.1) is 5.92 Å². The highest BCUT2D eigenvalue weighted by Gasteiger charge is 2.14. The summed E-state index contributed by atoms with van der Waals surface area (Å²) >= 11 is 0. The maximum absolute atomic E-state index is 3.58. The molecule has 0 saturated heterocycles. The molecule has 1 saturated carbocycles. The molecule has 1 rings (SSSR count). The minimum absolute atomic E-state index is 0.622. The van der Waals surface area contributed by atoms with E-state index in [2.05, 4.69) is 24.5 Å². The van der Waals surface area contributed by atoms with Gasteiger partial charge in [0.2, 0.25) is 0 Å². The molecule has 14 heavy (non-hydrogen) atoms. The van der Waals surface area contributed by atoms with Gasteiger partial charge >= 0.3 is 0 Å². The Kier molecular flexibility index (Phi) is 6.20. The van der Waals surface area contributed by atoms with Crippen molar-refractivity contribution in [3.8, 4) is 0 Å². The predicted molar refractivity (Wildman–Crippen MR) is 62.6 cm³/mol. The van der Waals surface area contributed by atoms with Crippen LogP contribution in [0.25, 0.3) is 0 Å². The van der Waals surface area contributed by atoms with E-state index in [1.807, 2.05) is 0 Å². The lowest BCUT2D eigenvalue weighted by Gasteiger charge is -2.15. The Balaban J connectivity index is 1.91. The second-order valence-corrected chi connectivity index (χ2v) is 4.60. The van der Waals surface area contributed by atoms with Crippen LogP contribution in [-0.4, -0.2) is 25.7 Å². The lowest BCUT2D eigenvalue weighted by molar-refractivity contribution is 0.440. The highest BCUT2D eigenvalue weighted by atomic mass is 15.0. The van der Waals surface area contributed by atoms with Crippen LogP contribution in [0.1, 0.15) is 46.0 Å². The summed E-state index contributed by atoms with van der Waals surface area (Å²) in [7, 11) is 0. The van der Waals surface area contributed by atoms with Crippen molar-refractivity contribution in [1.82, 2.24) is 10.6 Å². The summed E-state index contributed by atoms with van der Waals surface area (Å²) in [6, 6.07) is 0.622. The highest BCUT2D eigenvalue weighted by Crippen LogP contribution is 2.26. The predicted octanol–water partition coefficient (Wildman–Crippen LogP) is 2.15. The summed E-state index contributed by atoms with van der Waals surface area (Å²) in [6.07, 6.45) is 7.28. The molecule has 0 aliphatic heterocycles. The number of rotatable bonds is 7. The third kappa shape index (κ3) is 4.97. The summed E-state index contributed by atoms with van der Waals surface area (Å²) in [6.45, 7) is 7.80. The van der Waals surface area contributed by atoms with Crippen LogP contribution in [0.2, 0.25) is 0 Å². The van der Waals surface area contributed by atoms with E-state index >= 15 is 0 Å². The van der Waals surface area contributed by atoms with Crippen molar-refractivity contribution in [2.45, 2.75) is 52.0 Å². The van der Waals surface area contributed by atoms with Crippen molar-refractivity contribution in [2.75, 3.05) is 19.6 Å². The van der Waals surface area contributed by atoms with Crippen LogP contribution in [0.15, 0.2) is 0 Å². The smallest absolute Gasteiger partial charge is 0.0164 e. The lowest BCUT2D eigenvalue weighted by Crippen LogP contribution is -2.37. The van der Waals surface area contributed by atoms with Crippen molar-refractivity contribution >= 4 is 0 Å². The largest absolute Gasteiger partial charge is 0.315 e. The van der Waals surface area contributed by atoms with E-state index in [1.165, 1.54) is 38.6 Å². The fourth-order valence-corrected chi connectivity index (χ4v) is 2.27. The first kappa shape index (κ1) is 12.0. The zero-order chi connectivity index (χ0) is 10.2. The number of hydrogen-bond donors (Lipinski definition) is 2. The molecule has 1 aliphatic carbocycles. The van der Waals surface area contributed by atoms with Crippen LogP contribution in [0.3, 0.4) is 0 Å². The minimum atomic E-state index is 0.622. The Bertz CT molecular complexity index is 130. The van der Waals surface area contributed by atoms with E-state index < -0.39 is 0 Å². The van der Waals surface area contributed by atoms with Crippen molar-refractivity contribution in [2.24, 2.45) is 5.92 Å². The van der Waals surface area contributed by atoms with Gasteiger partial charge in [-0.2, -0.15) is 0 Å². The van der Waals surface area contributed by atoms with Crippen molar-refractivity contribution < 1.29 is 0 Å². The molecule has 1 unspecified atom stereocenters. The zero-order valence-corrected chi connectivity index (χ0v) is 9.81. The monoisotopic (exact) mass is 198 g/mol. The second-order valence-electron chi connectivity index (χ2n) is 4.60. The molecular weight excluding hydrogens is 172 g/mol. The molecule has 84 valence electrons. The molecule has 1 fully saturated rings. The fraction of sp³-hybridized carbons (Fsp3) is 1.00. The van der Waals surface area contributed by atoms with Gasteiger partial charge in [0.15, 0.2) is 0 Å². The van der Waals surface area contributed by atoms with E-state index in [-0.39, 0.29) is 0 Å². The van der Waals surface area contributed by atoms with Crippen molar-refractivity contribution in [3.63, 3.8) is 0 Å². The Hall–Kier alpha value is -0.0800. The molecule has 0 spiro atoms. The van der Waals surface area contributed by atoms with E-state index in [4.69, 9.17) is 0 Å². The topological polar surface area (TPSA) is 24.1 Å². The van der Waals surface area contributed by atoms with Crippen molar-refractivity contribution in [3.05, 3.63) is 0 Å². The summed E-state index contributed by atoms with van der Waals surface area (Å²) in [4.78, 5) is 0. The maximum Gasteiger partial charge on any atom is 0.0164 e. The summed E-state index contributed by atoms with van der Waals surface area (Å²) in [5.74, 6) is 1.02. The Morgan fingerprint density at radius 1 is 1.29 bits per heavy atom. The second kappa shape index (κ2) is 7.24. The number of nitrogens with one attached hydrogen (secondary N) is 2. The van der Waals surface area contributed by atoms with Gasteiger partial charge in [-0.05, 0) is 32.4 Å². The Labute approximate surface area is 88.8 Å². The van der Waals surface area contributed by atoms with Gasteiger partial charge in [0.05, 0.1) is 0 Å². The zero-order valence-electron chi connectivity index (χ0n) is 9.81. The first-order valence-electron chi connectivity index (χ1n) is 6.27. The third-order valence-corrected chi connectivity index (χ3v) is 3.22. The Morgan fingerprint density at radius 3 is 2.64 bits per heavy atom. The lowest BCUT2D eigenvalue weighted by atomic mass is 10.0. The van der Waals surface area contributed by atoms with Gasteiger partial charge in [0.25, 0.3) is 0 Å². The quantitative estimate of drug-likeness (QED) is 0.655. The van der Waals surface area contributed by atoms with E-state index in [1.54, 1.807) is 0 Å². The first-order valence-corrected chi connectivity index (χ1v) is 6.27. The van der Waals surface area contributed by atoms with Crippen LogP contribution < -0.4 is 10.6 Å². The maximum atomic E-state index is 3.58. The minimum Gasteiger partial charge on any atom is -0.315 e. The standard InChI is InChI=1S/C12H26N2/c1-3-13-10-11(2)14-9-8-12-6-4-5-7-12/h11-14H,3-10H2,1-2H3. The van der Waals surface area contributed by atoms with Crippen LogP contribution in [0.5, 0.6) is 0 Å². The average Bonchev–Trinajstić information content (AvgIpc) is 2.67. The third-order valence-electron chi connectivity index (χ3n) is 3.22. The molecule has 2 heteroatoms. The average molecular weight is 198 g/mol. The van der Waals surface area contributed by atoms with Crippen LogP contribution in [-0.2, 0) is 0 Å². The van der Waals surface area contributed by atoms with Crippen molar-refractivity contribution in [1.29, 1.82) is 0 Å². The Morgan fingerprint density at radius 2 is 2.00 bits per heavy atom. The van der Waals surface area contributed by atoms with E-state index in [0.29, 0.717) is 6.04 Å². The van der Waals surface area contributed by atoms with Gasteiger partial charge in [0.1, 0.15) is 0 Å². The first-order chi connectivity index (χ1) is 6.83. The SMILES string of the molecule is CCNCC(C)NCCC1CCCC1.